The third kappa shape index (κ3) is 5.26. The van der Waals surface area contributed by atoms with Gasteiger partial charge < -0.3 is 19.8 Å². The highest BCUT2D eigenvalue weighted by atomic mass is 32.2. The van der Waals surface area contributed by atoms with E-state index in [0.717, 1.165) is 38.3 Å². The molecule has 52 heavy (non-hydrogen) atoms. The van der Waals surface area contributed by atoms with Crippen LogP contribution in [0, 0.1) is 29.6 Å². The predicted molar refractivity (Wildman–Crippen MR) is 198 cm³/mol. The average molecular weight is 732 g/mol. The minimum absolute atomic E-state index is 0.0211. The lowest BCUT2D eigenvalue weighted by Gasteiger charge is -2.43. The predicted octanol–water partition coefficient (Wildman–Crippen LogP) is 6.46. The lowest BCUT2D eigenvalue weighted by molar-refractivity contribution is -0.123. The van der Waals surface area contributed by atoms with E-state index in [1.807, 2.05) is 66.7 Å². The summed E-state index contributed by atoms with van der Waals surface area (Å²) in [7, 11) is 0. The van der Waals surface area contributed by atoms with E-state index in [0.29, 0.717) is 17.0 Å². The Hall–Kier alpha value is -5.20. The Bertz CT molecular complexity index is 2310. The SMILES string of the molecule is CCOC(=O)c1ccc(N2C(=O)C3C4CC(C3C2=O)C2C4Sc3[nH]c(=O)sc3[C@@H]2c2ccc(OCC(=O)Nc3cccc4ccccc34)cc2)cc1. The number of thioether (sulfide) groups is 1. The monoisotopic (exact) mass is 731 g/mol. The number of anilines is 2. The van der Waals surface area contributed by atoms with Crippen molar-refractivity contribution >= 4 is 68.9 Å². The molecule has 3 amide bonds. The van der Waals surface area contributed by atoms with E-state index in [9.17, 15) is 24.0 Å². The summed E-state index contributed by atoms with van der Waals surface area (Å²) in [6.45, 7) is 1.82. The molecule has 9 rings (SSSR count). The van der Waals surface area contributed by atoms with Crippen molar-refractivity contribution in [2.24, 2.45) is 29.6 Å². The quantitative estimate of drug-likeness (QED) is 0.137. The maximum atomic E-state index is 14.1. The van der Waals surface area contributed by atoms with Gasteiger partial charge in [0, 0.05) is 27.1 Å². The molecule has 2 bridgehead atoms. The number of imide groups is 1. The summed E-state index contributed by atoms with van der Waals surface area (Å²) in [4.78, 5) is 71.0. The molecule has 3 fully saturated rings. The number of esters is 1. The largest absolute Gasteiger partial charge is 0.484 e. The average Bonchev–Trinajstić information content (AvgIpc) is 3.90. The van der Waals surface area contributed by atoms with Gasteiger partial charge in [0.2, 0.25) is 11.8 Å². The number of fused-ring (bicyclic) bond motifs is 10. The molecule has 1 saturated heterocycles. The van der Waals surface area contributed by atoms with Gasteiger partial charge in [0.05, 0.1) is 34.7 Å². The van der Waals surface area contributed by atoms with Gasteiger partial charge in [-0.05, 0) is 84.5 Å². The van der Waals surface area contributed by atoms with Crippen molar-refractivity contribution in [3.8, 4) is 5.75 Å². The van der Waals surface area contributed by atoms with Crippen LogP contribution in [0.15, 0.2) is 101 Å². The van der Waals surface area contributed by atoms with Gasteiger partial charge in [0.15, 0.2) is 6.61 Å². The Labute approximate surface area is 306 Å². The number of amides is 3. The first-order valence-corrected chi connectivity index (χ1v) is 19.1. The molecule has 10 nitrogen and oxygen atoms in total. The van der Waals surface area contributed by atoms with Crippen LogP contribution in [0.5, 0.6) is 5.75 Å². The second kappa shape index (κ2) is 12.8. The highest BCUT2D eigenvalue weighted by Crippen LogP contribution is 2.68. The van der Waals surface area contributed by atoms with Crippen LogP contribution < -0.4 is 19.8 Å². The standard InChI is InChI=1S/C40H33N3O7S2/c1-2-49-39(47)22-10-14-23(15-11-22)43-37(45)32-26-18-27(33(32)38(43)46)34-31(26)30(35-36(51-34)42-40(48)52-35)21-12-16-24(17-13-21)50-19-29(44)41-28-9-5-7-20-6-3-4-8-25(20)28/h3-17,26-27,30-34H,2,18-19H2,1H3,(H,41,44)(H,42,48)/t26?,27?,30-,31?,32?,33?,34?/m1/s1. The lowest BCUT2D eigenvalue weighted by Crippen LogP contribution is -2.42. The van der Waals surface area contributed by atoms with Gasteiger partial charge in [-0.15, -0.1) is 11.8 Å². The molecule has 4 aromatic carbocycles. The molecule has 2 saturated carbocycles. The second-order valence-electron chi connectivity index (χ2n) is 13.7. The van der Waals surface area contributed by atoms with Crippen molar-refractivity contribution in [2.75, 3.05) is 23.4 Å². The van der Waals surface area contributed by atoms with Crippen LogP contribution in [-0.4, -0.2) is 47.1 Å². The number of rotatable bonds is 8. The van der Waals surface area contributed by atoms with Crippen molar-refractivity contribution < 1.29 is 28.7 Å². The summed E-state index contributed by atoms with van der Waals surface area (Å²) >= 11 is 2.84. The highest BCUT2D eigenvalue weighted by molar-refractivity contribution is 8.00. The molecule has 2 aliphatic carbocycles. The Balaban J connectivity index is 0.950. The second-order valence-corrected chi connectivity index (χ2v) is 15.9. The van der Waals surface area contributed by atoms with Crippen LogP contribution in [-0.2, 0) is 19.1 Å². The molecule has 262 valence electrons. The number of aromatic amines is 1. The fourth-order valence-corrected chi connectivity index (χ4v) is 11.9. The number of H-pyrrole nitrogens is 1. The number of nitrogens with zero attached hydrogens (tertiary/aromatic N) is 1. The van der Waals surface area contributed by atoms with Crippen molar-refractivity contribution in [1.29, 1.82) is 0 Å². The molecule has 3 heterocycles. The molecule has 0 spiro atoms. The molecular weight excluding hydrogens is 699 g/mol. The topological polar surface area (TPSA) is 135 Å². The number of ether oxygens (including phenoxy) is 2. The number of aromatic nitrogens is 1. The molecular formula is C40H33N3O7S2. The van der Waals surface area contributed by atoms with Gasteiger partial charge in [-0.2, -0.15) is 0 Å². The number of thiazole rings is 1. The van der Waals surface area contributed by atoms with Crippen molar-refractivity contribution in [3.05, 3.63) is 117 Å². The molecule has 2 aliphatic heterocycles. The first kappa shape index (κ1) is 32.7. The highest BCUT2D eigenvalue weighted by Gasteiger charge is 2.69. The van der Waals surface area contributed by atoms with Crippen molar-refractivity contribution in [3.63, 3.8) is 0 Å². The summed E-state index contributed by atoms with van der Waals surface area (Å²) in [6, 6.07) is 27.7. The summed E-state index contributed by atoms with van der Waals surface area (Å²) in [5.74, 6) is -1.65. The summed E-state index contributed by atoms with van der Waals surface area (Å²) in [5, 5.41) is 5.81. The van der Waals surface area contributed by atoms with Crippen LogP contribution in [0.2, 0.25) is 0 Å². The van der Waals surface area contributed by atoms with Crippen molar-refractivity contribution in [1.82, 2.24) is 4.98 Å². The number of benzene rings is 4. The maximum Gasteiger partial charge on any atom is 0.338 e. The zero-order valence-corrected chi connectivity index (χ0v) is 29.6. The number of nitrogens with one attached hydrogen (secondary N) is 2. The molecule has 6 unspecified atom stereocenters. The lowest BCUT2D eigenvalue weighted by atomic mass is 9.68. The number of carbonyl (C=O) groups is 4. The summed E-state index contributed by atoms with van der Waals surface area (Å²) in [6.07, 6.45) is 0.771. The number of hydrogen-bond acceptors (Lipinski definition) is 9. The van der Waals surface area contributed by atoms with E-state index < -0.39 is 17.8 Å². The minimum Gasteiger partial charge on any atom is -0.484 e. The van der Waals surface area contributed by atoms with Gasteiger partial charge in [-0.25, -0.2) is 4.79 Å². The van der Waals surface area contributed by atoms with Crippen LogP contribution in [0.1, 0.15) is 40.1 Å². The fourth-order valence-electron chi connectivity index (χ4n) is 9.05. The Morgan fingerprint density at radius 3 is 2.38 bits per heavy atom. The third-order valence-corrected chi connectivity index (χ3v) is 13.6. The Kier molecular flexibility index (Phi) is 8.04. The smallest absolute Gasteiger partial charge is 0.338 e. The van der Waals surface area contributed by atoms with Crippen LogP contribution in [0.25, 0.3) is 10.8 Å². The van der Waals surface area contributed by atoms with Gasteiger partial charge in [0.25, 0.3) is 5.91 Å². The first-order valence-electron chi connectivity index (χ1n) is 17.4. The molecule has 12 heteroatoms. The van der Waals surface area contributed by atoms with Gasteiger partial charge >= 0.3 is 10.8 Å². The third-order valence-electron chi connectivity index (χ3n) is 11.0. The number of hydrogen-bond donors (Lipinski definition) is 2. The first-order chi connectivity index (χ1) is 25.3. The van der Waals surface area contributed by atoms with Crippen molar-refractivity contribution in [2.45, 2.75) is 29.5 Å². The molecule has 5 aromatic rings. The molecule has 4 aliphatic rings. The van der Waals surface area contributed by atoms with E-state index in [1.165, 1.54) is 16.2 Å². The van der Waals surface area contributed by atoms with Crippen LogP contribution in [0.4, 0.5) is 11.4 Å². The molecule has 2 N–H and O–H groups in total. The van der Waals surface area contributed by atoms with Crippen LogP contribution in [0.3, 0.4) is 0 Å². The summed E-state index contributed by atoms with van der Waals surface area (Å²) in [5.41, 5.74) is 2.52. The zero-order chi connectivity index (χ0) is 35.7. The normalized spacial score (nSPS) is 25.5. The van der Waals surface area contributed by atoms with E-state index in [4.69, 9.17) is 9.47 Å². The maximum absolute atomic E-state index is 14.1. The van der Waals surface area contributed by atoms with E-state index in [2.05, 4.69) is 10.3 Å². The zero-order valence-electron chi connectivity index (χ0n) is 27.9. The molecule has 7 atom stereocenters. The molecule has 1 aromatic heterocycles. The Morgan fingerprint density at radius 2 is 1.62 bits per heavy atom. The van der Waals surface area contributed by atoms with Gasteiger partial charge in [-0.3, -0.25) is 24.1 Å². The fraction of sp³-hybridized carbons (Fsp3) is 0.275. The summed E-state index contributed by atoms with van der Waals surface area (Å²) < 4.78 is 11.0. The minimum atomic E-state index is -0.456. The van der Waals surface area contributed by atoms with E-state index in [1.54, 1.807) is 43.0 Å². The van der Waals surface area contributed by atoms with E-state index >= 15 is 0 Å². The molecule has 0 radical (unpaired) electrons. The number of carbonyl (C=O) groups excluding carboxylic acids is 4. The van der Waals surface area contributed by atoms with E-state index in [-0.39, 0.29) is 64.7 Å². The Morgan fingerprint density at radius 1 is 0.885 bits per heavy atom. The van der Waals surface area contributed by atoms with Gasteiger partial charge in [-0.1, -0.05) is 59.9 Å². The van der Waals surface area contributed by atoms with Gasteiger partial charge in [0.1, 0.15) is 5.75 Å². The van der Waals surface area contributed by atoms with Crippen LogP contribution >= 0.6 is 23.1 Å².